The summed E-state index contributed by atoms with van der Waals surface area (Å²) in [5, 5.41) is 0.662. The first-order valence-corrected chi connectivity index (χ1v) is 7.77. The summed E-state index contributed by atoms with van der Waals surface area (Å²) < 4.78 is 5.76. The van der Waals surface area contributed by atoms with E-state index in [1.54, 1.807) is 42.3 Å². The number of halogens is 1. The summed E-state index contributed by atoms with van der Waals surface area (Å²) in [5.41, 5.74) is 2.76. The normalized spacial score (nSPS) is 11.2. The number of hydrogen-bond acceptors (Lipinski definition) is 3. The van der Waals surface area contributed by atoms with Crippen molar-refractivity contribution in [1.29, 1.82) is 0 Å². The van der Waals surface area contributed by atoms with Crippen LogP contribution in [0.25, 0.3) is 22.6 Å². The van der Waals surface area contributed by atoms with E-state index in [4.69, 9.17) is 16.0 Å². The van der Waals surface area contributed by atoms with E-state index in [1.165, 1.54) is 0 Å². The Labute approximate surface area is 139 Å². The molecule has 0 bridgehead atoms. The van der Waals surface area contributed by atoms with Crippen molar-refractivity contribution in [2.45, 2.75) is 19.9 Å². The van der Waals surface area contributed by atoms with E-state index >= 15 is 0 Å². The van der Waals surface area contributed by atoms with Gasteiger partial charge in [-0.1, -0.05) is 11.6 Å². The van der Waals surface area contributed by atoms with Gasteiger partial charge in [-0.3, -0.25) is 4.79 Å². The Morgan fingerprint density at radius 2 is 1.87 bits per heavy atom. The van der Waals surface area contributed by atoms with E-state index in [1.807, 2.05) is 26.0 Å². The second-order valence-corrected chi connectivity index (χ2v) is 6.15. The monoisotopic (exact) mass is 328 g/mol. The van der Waals surface area contributed by atoms with Crippen molar-refractivity contribution in [2.24, 2.45) is 0 Å². The van der Waals surface area contributed by atoms with Crippen molar-refractivity contribution in [2.75, 3.05) is 7.05 Å². The van der Waals surface area contributed by atoms with E-state index in [2.05, 4.69) is 4.98 Å². The zero-order valence-corrected chi connectivity index (χ0v) is 14.0. The van der Waals surface area contributed by atoms with Crippen molar-refractivity contribution in [3.63, 3.8) is 0 Å². The molecule has 0 aliphatic heterocycles. The predicted octanol–water partition coefficient (Wildman–Crippen LogP) is 4.63. The number of rotatable bonds is 3. The van der Waals surface area contributed by atoms with Crippen molar-refractivity contribution in [1.82, 2.24) is 9.88 Å². The predicted molar refractivity (Wildman–Crippen MR) is 91.7 cm³/mol. The van der Waals surface area contributed by atoms with Gasteiger partial charge < -0.3 is 9.32 Å². The average molecular weight is 329 g/mol. The van der Waals surface area contributed by atoms with Crippen molar-refractivity contribution in [3.05, 3.63) is 53.1 Å². The molecule has 0 N–H and O–H groups in total. The number of amides is 1. The molecule has 23 heavy (non-hydrogen) atoms. The molecule has 0 radical (unpaired) electrons. The first-order valence-electron chi connectivity index (χ1n) is 7.39. The molecule has 1 amide bonds. The summed E-state index contributed by atoms with van der Waals surface area (Å²) in [6.45, 7) is 3.95. The van der Waals surface area contributed by atoms with Crippen LogP contribution in [0, 0.1) is 0 Å². The van der Waals surface area contributed by atoms with Crippen LogP contribution in [0.2, 0.25) is 5.02 Å². The summed E-state index contributed by atoms with van der Waals surface area (Å²) in [7, 11) is 1.79. The molecule has 118 valence electrons. The number of benzene rings is 2. The second-order valence-electron chi connectivity index (χ2n) is 5.72. The molecule has 4 nitrogen and oxygen atoms in total. The van der Waals surface area contributed by atoms with Gasteiger partial charge >= 0.3 is 0 Å². The van der Waals surface area contributed by atoms with Crippen LogP contribution in [-0.2, 0) is 0 Å². The first-order chi connectivity index (χ1) is 11.0. The molecular formula is C18H17ClN2O2. The highest BCUT2D eigenvalue weighted by Gasteiger charge is 2.16. The molecule has 0 unspecified atom stereocenters. The Balaban J connectivity index is 1.98. The number of hydrogen-bond donors (Lipinski definition) is 0. The van der Waals surface area contributed by atoms with Crippen LogP contribution in [0.4, 0.5) is 0 Å². The maximum absolute atomic E-state index is 12.4. The van der Waals surface area contributed by atoms with Gasteiger partial charge in [-0.15, -0.1) is 0 Å². The number of aromatic nitrogens is 1. The van der Waals surface area contributed by atoms with Crippen LogP contribution < -0.4 is 0 Å². The van der Waals surface area contributed by atoms with Gasteiger partial charge in [-0.05, 0) is 56.3 Å². The third-order valence-electron chi connectivity index (χ3n) is 3.82. The van der Waals surface area contributed by atoms with Gasteiger partial charge in [0, 0.05) is 29.2 Å². The number of carbonyl (C=O) groups excluding carboxylic acids is 1. The Morgan fingerprint density at radius 1 is 1.17 bits per heavy atom. The Morgan fingerprint density at radius 3 is 2.52 bits per heavy atom. The molecule has 0 fully saturated rings. The molecule has 5 heteroatoms. The third-order valence-corrected chi connectivity index (χ3v) is 4.07. The van der Waals surface area contributed by atoms with E-state index in [0.717, 1.165) is 5.56 Å². The minimum absolute atomic E-state index is 0.0297. The summed E-state index contributed by atoms with van der Waals surface area (Å²) in [4.78, 5) is 18.6. The zero-order valence-electron chi connectivity index (χ0n) is 13.2. The van der Waals surface area contributed by atoms with E-state index < -0.39 is 0 Å². The molecule has 0 aliphatic rings. The fourth-order valence-electron chi connectivity index (χ4n) is 2.21. The molecule has 0 saturated heterocycles. The van der Waals surface area contributed by atoms with Crippen molar-refractivity contribution >= 4 is 28.6 Å². The van der Waals surface area contributed by atoms with Gasteiger partial charge in [0.1, 0.15) is 5.52 Å². The van der Waals surface area contributed by atoms with E-state index in [9.17, 15) is 4.79 Å². The molecule has 3 aromatic rings. The van der Waals surface area contributed by atoms with Crippen LogP contribution in [0.1, 0.15) is 24.2 Å². The highest BCUT2D eigenvalue weighted by atomic mass is 35.5. The minimum Gasteiger partial charge on any atom is -0.436 e. The second kappa shape index (κ2) is 6.05. The van der Waals surface area contributed by atoms with Gasteiger partial charge in [-0.2, -0.15) is 0 Å². The van der Waals surface area contributed by atoms with Gasteiger partial charge in [0.25, 0.3) is 5.91 Å². The lowest BCUT2D eigenvalue weighted by Gasteiger charge is -2.21. The topological polar surface area (TPSA) is 46.3 Å². The van der Waals surface area contributed by atoms with Crippen LogP contribution in [0.5, 0.6) is 0 Å². The van der Waals surface area contributed by atoms with Crippen LogP contribution in [-0.4, -0.2) is 28.9 Å². The van der Waals surface area contributed by atoms with Gasteiger partial charge in [0.15, 0.2) is 5.58 Å². The zero-order chi connectivity index (χ0) is 16.6. The maximum atomic E-state index is 12.4. The number of fused-ring (bicyclic) bond motifs is 1. The summed E-state index contributed by atoms with van der Waals surface area (Å²) in [6, 6.07) is 12.7. The molecule has 1 aromatic heterocycles. The van der Waals surface area contributed by atoms with Crippen molar-refractivity contribution < 1.29 is 9.21 Å². The Hall–Kier alpha value is -2.33. The van der Waals surface area contributed by atoms with Crippen LogP contribution in [0.3, 0.4) is 0 Å². The molecule has 3 rings (SSSR count). The molecule has 0 aliphatic carbocycles. The molecule has 1 heterocycles. The third kappa shape index (κ3) is 3.08. The SMILES string of the molecule is CC(C)N(C)C(=O)c1ccc2oc(-c3ccc(Cl)cc3)nc2c1. The lowest BCUT2D eigenvalue weighted by Crippen LogP contribution is -2.32. The number of carbonyl (C=O) groups is 1. The van der Waals surface area contributed by atoms with Gasteiger partial charge in [0.05, 0.1) is 0 Å². The fraction of sp³-hybridized carbons (Fsp3) is 0.222. The molecule has 0 saturated carbocycles. The quantitative estimate of drug-likeness (QED) is 0.704. The van der Waals surface area contributed by atoms with Crippen molar-refractivity contribution in [3.8, 4) is 11.5 Å². The Bertz CT molecular complexity index is 853. The average Bonchev–Trinajstić information content (AvgIpc) is 2.97. The first kappa shape index (κ1) is 15.6. The fourth-order valence-corrected chi connectivity index (χ4v) is 2.34. The summed E-state index contributed by atoms with van der Waals surface area (Å²) in [5.74, 6) is 0.483. The largest absolute Gasteiger partial charge is 0.436 e. The van der Waals surface area contributed by atoms with E-state index in [-0.39, 0.29) is 11.9 Å². The smallest absolute Gasteiger partial charge is 0.253 e. The van der Waals surface area contributed by atoms with Crippen LogP contribution in [0.15, 0.2) is 46.9 Å². The standard InChI is InChI=1S/C18H17ClN2O2/c1-11(2)21(3)18(22)13-6-9-16-15(10-13)20-17(23-16)12-4-7-14(19)8-5-12/h4-11H,1-3H3. The summed E-state index contributed by atoms with van der Waals surface area (Å²) in [6.07, 6.45) is 0. The Kier molecular flexibility index (Phi) is 4.09. The number of oxazole rings is 1. The van der Waals surface area contributed by atoms with Crippen LogP contribution >= 0.6 is 11.6 Å². The van der Waals surface area contributed by atoms with Gasteiger partial charge in [0.2, 0.25) is 5.89 Å². The summed E-state index contributed by atoms with van der Waals surface area (Å²) >= 11 is 5.90. The molecule has 0 atom stereocenters. The number of nitrogens with zero attached hydrogens (tertiary/aromatic N) is 2. The highest BCUT2D eigenvalue weighted by Crippen LogP contribution is 2.26. The molecular weight excluding hydrogens is 312 g/mol. The molecule has 0 spiro atoms. The lowest BCUT2D eigenvalue weighted by molar-refractivity contribution is 0.0755. The van der Waals surface area contributed by atoms with Gasteiger partial charge in [-0.25, -0.2) is 4.98 Å². The minimum atomic E-state index is -0.0297. The van der Waals surface area contributed by atoms with E-state index in [0.29, 0.717) is 27.6 Å². The lowest BCUT2D eigenvalue weighted by atomic mass is 10.1. The highest BCUT2D eigenvalue weighted by molar-refractivity contribution is 6.30. The maximum Gasteiger partial charge on any atom is 0.253 e. The molecule has 2 aromatic carbocycles.